The molecule has 1 aromatic carbocycles. The third-order valence-corrected chi connectivity index (χ3v) is 4.28. The number of aliphatic hydroxyl groups excluding tert-OH is 1. The molecule has 19 heavy (non-hydrogen) atoms. The monoisotopic (exact) mass is 270 g/mol. The molecule has 0 saturated carbocycles. The van der Waals surface area contributed by atoms with Crippen molar-refractivity contribution in [2.45, 2.75) is 46.0 Å². The van der Waals surface area contributed by atoms with Crippen molar-refractivity contribution >= 4 is 0 Å². The minimum Gasteiger partial charge on any atom is -0.388 e. The van der Waals surface area contributed by atoms with Crippen LogP contribution in [-0.4, -0.2) is 17.3 Å². The summed E-state index contributed by atoms with van der Waals surface area (Å²) in [6.45, 7) is 7.25. The molecule has 2 nitrogen and oxygen atoms in total. The van der Waals surface area contributed by atoms with Crippen LogP contribution >= 0.6 is 0 Å². The second-order valence-corrected chi connectivity index (χ2v) is 5.55. The maximum absolute atomic E-state index is 13.9. The highest BCUT2D eigenvalue weighted by atomic mass is 19.1. The van der Waals surface area contributed by atoms with Crippen LogP contribution in [0.2, 0.25) is 0 Å². The van der Waals surface area contributed by atoms with E-state index in [1.165, 1.54) is 6.92 Å². The molecule has 1 fully saturated rings. The Bertz CT molecular complexity index is 475. The van der Waals surface area contributed by atoms with Crippen molar-refractivity contribution in [3.63, 3.8) is 0 Å². The largest absolute Gasteiger partial charge is 0.388 e. The molecule has 1 saturated heterocycles. The average molecular weight is 270 g/mol. The Labute approximate surface area is 112 Å². The predicted octanol–water partition coefficient (Wildman–Crippen LogP) is 3.37. The van der Waals surface area contributed by atoms with E-state index < -0.39 is 17.7 Å². The Kier molecular flexibility index (Phi) is 3.92. The molecule has 1 aliphatic heterocycles. The zero-order valence-electron chi connectivity index (χ0n) is 11.7. The van der Waals surface area contributed by atoms with Gasteiger partial charge in [0.25, 0.3) is 0 Å². The third kappa shape index (κ3) is 2.51. The lowest BCUT2D eigenvalue weighted by atomic mass is 9.82. The zero-order chi connectivity index (χ0) is 14.3. The van der Waals surface area contributed by atoms with Crippen LogP contribution in [0.15, 0.2) is 12.1 Å². The molecule has 1 aliphatic rings. The van der Waals surface area contributed by atoms with Crippen molar-refractivity contribution in [2.75, 3.05) is 0 Å². The van der Waals surface area contributed by atoms with E-state index >= 15 is 0 Å². The first-order valence-electron chi connectivity index (χ1n) is 6.62. The van der Waals surface area contributed by atoms with Gasteiger partial charge >= 0.3 is 0 Å². The maximum Gasteiger partial charge on any atom is 0.129 e. The van der Waals surface area contributed by atoms with Crippen LogP contribution < -0.4 is 0 Å². The van der Waals surface area contributed by atoms with Crippen molar-refractivity contribution < 1.29 is 18.6 Å². The first-order chi connectivity index (χ1) is 8.82. The van der Waals surface area contributed by atoms with E-state index in [1.54, 1.807) is 0 Å². The molecule has 1 aromatic rings. The van der Waals surface area contributed by atoms with Gasteiger partial charge in [0.2, 0.25) is 0 Å². The molecule has 2 rings (SSSR count). The first kappa shape index (κ1) is 14.4. The lowest BCUT2D eigenvalue weighted by Gasteiger charge is -2.25. The average Bonchev–Trinajstić information content (AvgIpc) is 2.57. The molecule has 0 bridgehead atoms. The number of rotatable bonds is 2. The first-order valence-corrected chi connectivity index (χ1v) is 6.62. The molecule has 106 valence electrons. The van der Waals surface area contributed by atoms with Gasteiger partial charge in [-0.1, -0.05) is 6.92 Å². The highest BCUT2D eigenvalue weighted by Crippen LogP contribution is 2.41. The fourth-order valence-electron chi connectivity index (χ4n) is 2.93. The minimum atomic E-state index is -1.05. The fourth-order valence-corrected chi connectivity index (χ4v) is 2.93. The van der Waals surface area contributed by atoms with Gasteiger partial charge in [0.05, 0.1) is 18.3 Å². The van der Waals surface area contributed by atoms with Gasteiger partial charge in [-0.3, -0.25) is 0 Å². The van der Waals surface area contributed by atoms with E-state index in [0.717, 1.165) is 12.1 Å². The van der Waals surface area contributed by atoms with Gasteiger partial charge in [0.15, 0.2) is 0 Å². The molecular formula is C15H20F2O2. The summed E-state index contributed by atoms with van der Waals surface area (Å²) in [6, 6.07) is 2.22. The SMILES string of the molecule is Cc1cc(F)c(C(O)C2C(C)OC(C)C2C)cc1F. The second kappa shape index (κ2) is 5.17. The summed E-state index contributed by atoms with van der Waals surface area (Å²) in [4.78, 5) is 0. The van der Waals surface area contributed by atoms with Crippen molar-refractivity contribution in [3.05, 3.63) is 34.9 Å². The Balaban J connectivity index is 2.34. The van der Waals surface area contributed by atoms with Crippen LogP contribution in [0.5, 0.6) is 0 Å². The number of halogens is 2. The fraction of sp³-hybridized carbons (Fsp3) is 0.600. The molecule has 1 heterocycles. The van der Waals surface area contributed by atoms with E-state index in [-0.39, 0.29) is 35.2 Å². The topological polar surface area (TPSA) is 29.5 Å². The quantitative estimate of drug-likeness (QED) is 0.893. The molecule has 1 N–H and O–H groups in total. The van der Waals surface area contributed by atoms with Crippen molar-refractivity contribution in [3.8, 4) is 0 Å². The predicted molar refractivity (Wildman–Crippen MR) is 68.7 cm³/mol. The normalized spacial score (nSPS) is 32.6. The smallest absolute Gasteiger partial charge is 0.129 e. The number of hydrogen-bond acceptors (Lipinski definition) is 2. The Morgan fingerprint density at radius 1 is 1.11 bits per heavy atom. The molecule has 0 spiro atoms. The Morgan fingerprint density at radius 2 is 1.74 bits per heavy atom. The third-order valence-electron chi connectivity index (χ3n) is 4.28. The Morgan fingerprint density at radius 3 is 2.26 bits per heavy atom. The van der Waals surface area contributed by atoms with Crippen LogP contribution in [0.4, 0.5) is 8.78 Å². The van der Waals surface area contributed by atoms with Crippen molar-refractivity contribution in [2.24, 2.45) is 11.8 Å². The number of aliphatic hydroxyl groups is 1. The zero-order valence-corrected chi connectivity index (χ0v) is 11.7. The van der Waals surface area contributed by atoms with Gasteiger partial charge in [0.1, 0.15) is 11.6 Å². The van der Waals surface area contributed by atoms with Gasteiger partial charge in [-0.05, 0) is 44.4 Å². The summed E-state index contributed by atoms with van der Waals surface area (Å²) in [7, 11) is 0. The van der Waals surface area contributed by atoms with Crippen molar-refractivity contribution in [1.29, 1.82) is 0 Å². The summed E-state index contributed by atoms with van der Waals surface area (Å²) in [5.74, 6) is -1.20. The summed E-state index contributed by atoms with van der Waals surface area (Å²) >= 11 is 0. The molecular weight excluding hydrogens is 250 g/mol. The van der Waals surface area contributed by atoms with Crippen LogP contribution in [0.1, 0.15) is 38.0 Å². The molecule has 5 unspecified atom stereocenters. The van der Waals surface area contributed by atoms with Crippen LogP contribution in [0.3, 0.4) is 0 Å². The lowest BCUT2D eigenvalue weighted by molar-refractivity contribution is 0.0219. The van der Waals surface area contributed by atoms with E-state index in [2.05, 4.69) is 0 Å². The molecule has 0 aliphatic carbocycles. The van der Waals surface area contributed by atoms with Gasteiger partial charge in [-0.2, -0.15) is 0 Å². The lowest BCUT2D eigenvalue weighted by Crippen LogP contribution is -2.25. The van der Waals surface area contributed by atoms with E-state index in [0.29, 0.717) is 0 Å². The highest BCUT2D eigenvalue weighted by molar-refractivity contribution is 5.27. The standard InChI is InChI=1S/C15H20F2O2/c1-7-5-13(17)11(6-12(7)16)15(18)14-8(2)9(3)19-10(14)4/h5-6,8-10,14-15,18H,1-4H3. The second-order valence-electron chi connectivity index (χ2n) is 5.55. The molecule has 4 heteroatoms. The van der Waals surface area contributed by atoms with E-state index in [1.807, 2.05) is 20.8 Å². The summed E-state index contributed by atoms with van der Waals surface area (Å²) < 4.78 is 33.1. The van der Waals surface area contributed by atoms with Gasteiger partial charge in [0, 0.05) is 11.5 Å². The number of aryl methyl sites for hydroxylation is 1. The van der Waals surface area contributed by atoms with Crippen LogP contribution in [0.25, 0.3) is 0 Å². The van der Waals surface area contributed by atoms with Crippen LogP contribution in [-0.2, 0) is 4.74 Å². The van der Waals surface area contributed by atoms with Crippen LogP contribution in [0, 0.1) is 30.4 Å². The van der Waals surface area contributed by atoms with E-state index in [4.69, 9.17) is 4.74 Å². The highest BCUT2D eigenvalue weighted by Gasteiger charge is 2.42. The maximum atomic E-state index is 13.9. The van der Waals surface area contributed by atoms with Gasteiger partial charge in [-0.15, -0.1) is 0 Å². The number of hydrogen-bond donors (Lipinski definition) is 1. The van der Waals surface area contributed by atoms with E-state index in [9.17, 15) is 13.9 Å². The summed E-state index contributed by atoms with van der Waals surface area (Å²) in [5, 5.41) is 10.4. The number of ether oxygens (including phenoxy) is 1. The molecule has 0 aromatic heterocycles. The molecule has 0 amide bonds. The minimum absolute atomic E-state index is 0.00741. The summed E-state index contributed by atoms with van der Waals surface area (Å²) in [5.41, 5.74) is 0.259. The van der Waals surface area contributed by atoms with Gasteiger partial charge in [-0.25, -0.2) is 8.78 Å². The molecule has 0 radical (unpaired) electrons. The number of benzene rings is 1. The van der Waals surface area contributed by atoms with Crippen molar-refractivity contribution in [1.82, 2.24) is 0 Å². The Hall–Kier alpha value is -1.00. The molecule has 5 atom stereocenters. The summed E-state index contributed by atoms with van der Waals surface area (Å²) in [6.07, 6.45) is -1.22. The van der Waals surface area contributed by atoms with Gasteiger partial charge < -0.3 is 9.84 Å².